The van der Waals surface area contributed by atoms with Crippen molar-refractivity contribution in [3.05, 3.63) is 58.1 Å². The van der Waals surface area contributed by atoms with Crippen LogP contribution in [-0.4, -0.2) is 138 Å². The third-order valence-electron chi connectivity index (χ3n) is 12.1. The molecule has 6 amide bonds. The Balaban J connectivity index is 2.77. The number of ether oxygens (including phenoxy) is 2. The molecule has 1 heterocycles. The number of allylic oxidation sites excluding steroid dienone is 1. The molecule has 0 saturated heterocycles. The first-order chi connectivity index (χ1) is 30.3. The molecule has 0 bridgehead atoms. The number of thioether (sulfide) groups is 1. The van der Waals surface area contributed by atoms with Gasteiger partial charge >= 0.3 is 5.97 Å². The maximum Gasteiger partial charge on any atom is 0.331 e. The molecular weight excluding hydrogens is 872 g/mol. The molecule has 0 aromatic heterocycles. The van der Waals surface area contributed by atoms with Crippen LogP contribution in [0.25, 0.3) is 0 Å². The number of hydrogen-bond donors (Lipinski definition) is 3. The van der Waals surface area contributed by atoms with Gasteiger partial charge in [-0.2, -0.15) is 0 Å². The molecule has 0 fully saturated rings. The molecule has 8 atom stereocenters. The number of cyclic esters (lactones) is 1. The maximum absolute atomic E-state index is 14.3. The van der Waals surface area contributed by atoms with E-state index in [2.05, 4.69) is 16.0 Å². The van der Waals surface area contributed by atoms with Crippen molar-refractivity contribution in [3.8, 4) is 0 Å². The second-order valence-corrected chi connectivity index (χ2v) is 19.5. The second-order valence-electron chi connectivity index (χ2n) is 18.3. The van der Waals surface area contributed by atoms with Gasteiger partial charge in [0.25, 0.3) is 0 Å². The molecule has 3 N–H and O–H groups in total. The fourth-order valence-corrected chi connectivity index (χ4v) is 7.92. The van der Waals surface area contributed by atoms with E-state index in [-0.39, 0.29) is 24.7 Å². The molecule has 1 aliphatic heterocycles. The topological polar surface area (TPSA) is 184 Å². The SMILES string of the molecule is C/C=C(\C)[C@H]1OC(=O)C(C)(C)NC(=O)[C@H]([C@H](C)CC)NC(=O)CN(C)C(=O)[C@@H](Cc2ccc(Cl)cc2)N(C)C(=O)[C@H](C)NC(=O)[C@@H](CC(C)C)N(C)C(=O)/C(C)=C/C[C@H](OCSC)[C@@H]1C. The molecule has 0 radical (unpaired) electrons. The van der Waals surface area contributed by atoms with E-state index in [0.29, 0.717) is 34.9 Å². The van der Waals surface area contributed by atoms with Gasteiger partial charge in [0.2, 0.25) is 35.4 Å². The Kier molecular flexibility index (Phi) is 22.7. The zero-order valence-corrected chi connectivity index (χ0v) is 42.8. The average molecular weight is 948 g/mol. The maximum atomic E-state index is 14.3. The number of carbonyl (C=O) groups is 7. The number of carbonyl (C=O) groups excluding carboxylic acids is 7. The van der Waals surface area contributed by atoms with Crippen LogP contribution >= 0.6 is 23.4 Å². The van der Waals surface area contributed by atoms with E-state index in [4.69, 9.17) is 21.1 Å². The van der Waals surface area contributed by atoms with Gasteiger partial charge in [-0.15, -0.1) is 11.8 Å². The van der Waals surface area contributed by atoms with E-state index in [9.17, 15) is 33.6 Å². The summed E-state index contributed by atoms with van der Waals surface area (Å²) in [4.78, 5) is 102. The highest BCUT2D eigenvalue weighted by Crippen LogP contribution is 2.28. The molecule has 0 aliphatic carbocycles. The molecule has 1 aliphatic rings. The van der Waals surface area contributed by atoms with Crippen molar-refractivity contribution in [1.82, 2.24) is 30.7 Å². The van der Waals surface area contributed by atoms with Crippen molar-refractivity contribution >= 4 is 64.8 Å². The number of nitrogens with zero attached hydrogens (tertiary/aromatic N) is 3. The first kappa shape index (κ1) is 56.7. The third-order valence-corrected chi connectivity index (χ3v) is 12.7. The molecule has 15 nitrogen and oxygen atoms in total. The van der Waals surface area contributed by atoms with E-state index in [1.165, 1.54) is 61.3 Å². The smallest absolute Gasteiger partial charge is 0.331 e. The van der Waals surface area contributed by atoms with Gasteiger partial charge in [0.15, 0.2) is 0 Å². The summed E-state index contributed by atoms with van der Waals surface area (Å²) in [5.41, 5.74) is 0.235. The lowest BCUT2D eigenvalue weighted by Gasteiger charge is -2.35. The minimum Gasteiger partial charge on any atom is -0.456 e. The Labute approximate surface area is 396 Å². The van der Waals surface area contributed by atoms with Crippen LogP contribution in [0.1, 0.15) is 101 Å². The van der Waals surface area contributed by atoms with Crippen LogP contribution < -0.4 is 16.0 Å². The summed E-state index contributed by atoms with van der Waals surface area (Å²) in [7, 11) is 4.43. The predicted molar refractivity (Wildman–Crippen MR) is 257 cm³/mol. The van der Waals surface area contributed by atoms with E-state index in [0.717, 1.165) is 5.57 Å². The molecule has 17 heteroatoms. The highest BCUT2D eigenvalue weighted by molar-refractivity contribution is 7.98. The van der Waals surface area contributed by atoms with Gasteiger partial charge in [-0.25, -0.2) is 4.79 Å². The Bertz CT molecular complexity index is 1890. The highest BCUT2D eigenvalue weighted by atomic mass is 35.5. The predicted octanol–water partition coefficient (Wildman–Crippen LogP) is 5.54. The summed E-state index contributed by atoms with van der Waals surface area (Å²) in [5, 5.41) is 8.86. The highest BCUT2D eigenvalue weighted by Gasteiger charge is 2.40. The van der Waals surface area contributed by atoms with Crippen molar-refractivity contribution in [3.63, 3.8) is 0 Å². The van der Waals surface area contributed by atoms with Gasteiger partial charge in [-0.1, -0.05) is 76.9 Å². The number of amides is 6. The molecule has 0 spiro atoms. The zero-order valence-electron chi connectivity index (χ0n) is 41.2. The molecule has 364 valence electrons. The minimum atomic E-state index is -1.55. The standard InChI is InChI=1S/C48H75ClN6O9S/c1-16-29(5)40-43(58)52-48(10,11)47(62)64-41(30(6)17-2)32(8)38(63-27-65-15)23-18-31(7)44(59)54(13)36(24-28(3)4)42(57)50-33(9)45(60)55(14)37(25-34-19-21-35(49)22-20-34)46(61)53(12)26-39(56)51-40/h17-22,28-29,32-33,36-38,40-41H,16,23-27H2,1-15H3,(H,50,57)(H,51,56)(H,52,58)/b30-17+,31-18+/t29-,32+,33+,36-,37-,38+,40+,41-/m1/s1. The summed E-state index contributed by atoms with van der Waals surface area (Å²) in [6, 6.07) is 2.49. The van der Waals surface area contributed by atoms with Crippen LogP contribution in [0.15, 0.2) is 47.6 Å². The van der Waals surface area contributed by atoms with E-state index in [1.54, 1.807) is 51.2 Å². The third kappa shape index (κ3) is 16.5. The number of nitrogens with one attached hydrogen (secondary N) is 3. The Morgan fingerprint density at radius 1 is 0.954 bits per heavy atom. The molecule has 0 saturated carbocycles. The molecule has 1 aromatic carbocycles. The number of likely N-dealkylation sites (N-methyl/N-ethyl adjacent to an activating group) is 3. The largest absolute Gasteiger partial charge is 0.456 e. The van der Waals surface area contributed by atoms with Crippen LogP contribution in [0.3, 0.4) is 0 Å². The summed E-state index contributed by atoms with van der Waals surface area (Å²) in [6.45, 7) is 18.9. The molecule has 0 unspecified atom stereocenters. The lowest BCUT2D eigenvalue weighted by atomic mass is 9.90. The van der Waals surface area contributed by atoms with Gasteiger partial charge in [0.1, 0.15) is 35.8 Å². The van der Waals surface area contributed by atoms with Gasteiger partial charge in [-0.3, -0.25) is 28.8 Å². The monoisotopic (exact) mass is 947 g/mol. The number of hydrogen-bond acceptors (Lipinski definition) is 10. The average Bonchev–Trinajstić information content (AvgIpc) is 3.25. The first-order valence-corrected chi connectivity index (χ1v) is 24.1. The van der Waals surface area contributed by atoms with Crippen molar-refractivity contribution in [1.29, 1.82) is 0 Å². The number of halogens is 1. The second kappa shape index (κ2) is 26.1. The van der Waals surface area contributed by atoms with Crippen LogP contribution in [-0.2, 0) is 49.5 Å². The molecular formula is C48H75ClN6O9S. The van der Waals surface area contributed by atoms with Crippen LogP contribution in [0.2, 0.25) is 5.02 Å². The van der Waals surface area contributed by atoms with Gasteiger partial charge in [0.05, 0.1) is 18.6 Å². The van der Waals surface area contributed by atoms with Crippen LogP contribution in [0.5, 0.6) is 0 Å². The molecule has 65 heavy (non-hydrogen) atoms. The lowest BCUT2D eigenvalue weighted by Crippen LogP contribution is -2.60. The summed E-state index contributed by atoms with van der Waals surface area (Å²) < 4.78 is 12.5. The molecule has 1 aromatic rings. The lowest BCUT2D eigenvalue weighted by molar-refractivity contribution is -0.160. The summed E-state index contributed by atoms with van der Waals surface area (Å²) in [6.07, 6.45) is 5.27. The van der Waals surface area contributed by atoms with Crippen LogP contribution in [0.4, 0.5) is 0 Å². The number of rotatable bonds is 10. The van der Waals surface area contributed by atoms with Crippen molar-refractivity contribution < 1.29 is 43.0 Å². The normalized spacial score (nSPS) is 27.1. The van der Waals surface area contributed by atoms with E-state index >= 15 is 0 Å². The van der Waals surface area contributed by atoms with E-state index < -0.39 is 95.8 Å². The van der Waals surface area contributed by atoms with Crippen molar-refractivity contribution in [2.24, 2.45) is 17.8 Å². The van der Waals surface area contributed by atoms with Gasteiger partial charge in [-0.05, 0) is 95.7 Å². The first-order valence-electron chi connectivity index (χ1n) is 22.4. The zero-order chi connectivity index (χ0) is 49.5. The summed E-state index contributed by atoms with van der Waals surface area (Å²) >= 11 is 7.63. The Morgan fingerprint density at radius 3 is 2.12 bits per heavy atom. The van der Waals surface area contributed by atoms with Crippen LogP contribution in [0, 0.1) is 17.8 Å². The summed E-state index contributed by atoms with van der Waals surface area (Å²) in [5.74, 6) is -4.58. The van der Waals surface area contributed by atoms with Gasteiger partial charge in [0, 0.05) is 44.1 Å². The quantitative estimate of drug-likeness (QED) is 0.153. The van der Waals surface area contributed by atoms with E-state index in [1.807, 2.05) is 53.9 Å². The minimum absolute atomic E-state index is 0.00754. The number of esters is 1. The fourth-order valence-electron chi connectivity index (χ4n) is 7.48. The van der Waals surface area contributed by atoms with Crippen molar-refractivity contribution in [2.75, 3.05) is 39.9 Å². The van der Waals surface area contributed by atoms with Gasteiger partial charge < -0.3 is 40.1 Å². The fraction of sp³-hybridized carbons (Fsp3) is 0.646. The number of benzene rings is 1. The van der Waals surface area contributed by atoms with Crippen molar-refractivity contribution in [2.45, 2.75) is 144 Å². The Morgan fingerprint density at radius 2 is 1.57 bits per heavy atom. The Hall–Kier alpha value is -4.41. The molecule has 2 rings (SSSR count).